The third kappa shape index (κ3) is 4.59. The Bertz CT molecular complexity index is 749. The second-order valence-corrected chi connectivity index (χ2v) is 7.58. The van der Waals surface area contributed by atoms with Crippen LogP contribution in [0.4, 0.5) is 9.18 Å². The lowest BCUT2D eigenvalue weighted by molar-refractivity contribution is 0.0525. The normalized spacial score (nSPS) is 19.4. The van der Waals surface area contributed by atoms with Gasteiger partial charge in [-0.2, -0.15) is 0 Å². The fourth-order valence-electron chi connectivity index (χ4n) is 3.10. The van der Waals surface area contributed by atoms with Crippen molar-refractivity contribution in [3.63, 3.8) is 0 Å². The van der Waals surface area contributed by atoms with Gasteiger partial charge in [-0.05, 0) is 67.9 Å². The molecule has 1 amide bonds. The highest BCUT2D eigenvalue weighted by Crippen LogP contribution is 2.49. The van der Waals surface area contributed by atoms with Crippen molar-refractivity contribution in [1.82, 2.24) is 5.32 Å². The third-order valence-corrected chi connectivity index (χ3v) is 4.35. The monoisotopic (exact) mass is 341 g/mol. The average molecular weight is 341 g/mol. The largest absolute Gasteiger partial charge is 0.444 e. The van der Waals surface area contributed by atoms with Crippen molar-refractivity contribution in [3.05, 3.63) is 59.9 Å². The van der Waals surface area contributed by atoms with Crippen LogP contribution < -0.4 is 5.32 Å². The lowest BCUT2D eigenvalue weighted by Crippen LogP contribution is -2.33. The molecule has 1 saturated carbocycles. The fraction of sp³-hybridized carbons (Fsp3) is 0.381. The zero-order valence-electron chi connectivity index (χ0n) is 14.9. The fourth-order valence-corrected chi connectivity index (χ4v) is 3.10. The van der Waals surface area contributed by atoms with E-state index in [9.17, 15) is 9.18 Å². The number of nitrogens with one attached hydrogen (secondary N) is 1. The summed E-state index contributed by atoms with van der Waals surface area (Å²) in [4.78, 5) is 11.8. The van der Waals surface area contributed by atoms with E-state index < -0.39 is 5.60 Å². The molecule has 0 bridgehead atoms. The molecule has 0 radical (unpaired) electrons. The van der Waals surface area contributed by atoms with Gasteiger partial charge in [-0.15, -0.1) is 0 Å². The molecule has 1 aliphatic carbocycles. The molecule has 4 heteroatoms. The number of carbonyl (C=O) groups is 1. The highest BCUT2D eigenvalue weighted by molar-refractivity contribution is 5.69. The van der Waals surface area contributed by atoms with Crippen LogP contribution in [0, 0.1) is 11.7 Å². The molecule has 0 spiro atoms. The summed E-state index contributed by atoms with van der Waals surface area (Å²) in [5.41, 5.74) is 2.92. The Balaban J connectivity index is 1.65. The van der Waals surface area contributed by atoms with Crippen LogP contribution in [0.5, 0.6) is 0 Å². The predicted molar refractivity (Wildman–Crippen MR) is 96.9 cm³/mol. The van der Waals surface area contributed by atoms with Gasteiger partial charge in [0.1, 0.15) is 11.4 Å². The van der Waals surface area contributed by atoms with Gasteiger partial charge in [0, 0.05) is 6.54 Å². The first kappa shape index (κ1) is 17.5. The molecular weight excluding hydrogens is 317 g/mol. The van der Waals surface area contributed by atoms with E-state index in [1.807, 2.05) is 45.0 Å². The maximum atomic E-state index is 13.2. The first-order valence-corrected chi connectivity index (χ1v) is 8.65. The van der Waals surface area contributed by atoms with E-state index in [-0.39, 0.29) is 11.9 Å². The molecule has 1 N–H and O–H groups in total. The van der Waals surface area contributed by atoms with Crippen LogP contribution in [0.25, 0.3) is 11.1 Å². The molecule has 2 unspecified atom stereocenters. The van der Waals surface area contributed by atoms with Crippen LogP contribution in [0.1, 0.15) is 38.7 Å². The van der Waals surface area contributed by atoms with Crippen molar-refractivity contribution >= 4 is 6.09 Å². The minimum Gasteiger partial charge on any atom is -0.444 e. The maximum Gasteiger partial charge on any atom is 0.407 e. The van der Waals surface area contributed by atoms with E-state index >= 15 is 0 Å². The lowest BCUT2D eigenvalue weighted by atomic mass is 9.96. The van der Waals surface area contributed by atoms with Crippen LogP contribution in [0.3, 0.4) is 0 Å². The van der Waals surface area contributed by atoms with Crippen LogP contribution >= 0.6 is 0 Å². The van der Waals surface area contributed by atoms with Crippen LogP contribution in [0.15, 0.2) is 48.5 Å². The van der Waals surface area contributed by atoms with Crippen molar-refractivity contribution in [1.29, 1.82) is 0 Å². The predicted octanol–water partition coefficient (Wildman–Crippen LogP) is 5.12. The third-order valence-electron chi connectivity index (χ3n) is 4.35. The molecule has 0 aromatic heterocycles. The summed E-state index contributed by atoms with van der Waals surface area (Å²) < 4.78 is 18.5. The lowest BCUT2D eigenvalue weighted by Gasteiger charge is -2.19. The van der Waals surface area contributed by atoms with E-state index in [0.29, 0.717) is 18.4 Å². The molecule has 0 aliphatic heterocycles. The molecule has 25 heavy (non-hydrogen) atoms. The van der Waals surface area contributed by atoms with E-state index in [1.54, 1.807) is 0 Å². The van der Waals surface area contributed by atoms with Crippen LogP contribution in [-0.2, 0) is 4.74 Å². The number of amides is 1. The zero-order valence-corrected chi connectivity index (χ0v) is 14.9. The Morgan fingerprint density at radius 2 is 1.84 bits per heavy atom. The smallest absolute Gasteiger partial charge is 0.407 e. The molecule has 0 saturated heterocycles. The van der Waals surface area contributed by atoms with Gasteiger partial charge < -0.3 is 10.1 Å². The van der Waals surface area contributed by atoms with E-state index in [1.165, 1.54) is 17.7 Å². The van der Waals surface area contributed by atoms with Gasteiger partial charge in [0.05, 0.1) is 0 Å². The topological polar surface area (TPSA) is 38.3 Å². The summed E-state index contributed by atoms with van der Waals surface area (Å²) in [5.74, 6) is 0.595. The van der Waals surface area contributed by atoms with Gasteiger partial charge in [-0.1, -0.05) is 36.4 Å². The molecular formula is C21H24FNO2. The molecule has 3 rings (SSSR count). The van der Waals surface area contributed by atoms with Crippen molar-refractivity contribution < 1.29 is 13.9 Å². The number of hydrogen-bond acceptors (Lipinski definition) is 2. The Kier molecular flexibility index (Phi) is 4.80. The first-order chi connectivity index (χ1) is 11.8. The number of alkyl carbamates (subject to hydrolysis) is 1. The molecule has 1 fully saturated rings. The van der Waals surface area contributed by atoms with E-state index in [4.69, 9.17) is 4.74 Å². The summed E-state index contributed by atoms with van der Waals surface area (Å²) in [7, 11) is 0. The van der Waals surface area contributed by atoms with E-state index in [0.717, 1.165) is 17.5 Å². The van der Waals surface area contributed by atoms with Crippen molar-refractivity contribution in [2.24, 2.45) is 5.92 Å². The quantitative estimate of drug-likeness (QED) is 0.838. The van der Waals surface area contributed by atoms with Gasteiger partial charge in [0.25, 0.3) is 0 Å². The molecule has 132 valence electrons. The maximum absolute atomic E-state index is 13.2. The van der Waals surface area contributed by atoms with Crippen molar-refractivity contribution in [2.45, 2.75) is 38.7 Å². The summed E-state index contributed by atoms with van der Waals surface area (Å²) in [6, 6.07) is 14.8. The molecule has 2 atom stereocenters. The SMILES string of the molecule is CC(C)(C)OC(=O)NCC1CC1c1ccccc1-c1ccc(F)cc1. The Labute approximate surface area is 148 Å². The van der Waals surface area contributed by atoms with Gasteiger partial charge in [-0.25, -0.2) is 9.18 Å². The molecule has 0 heterocycles. The number of benzene rings is 2. The van der Waals surface area contributed by atoms with E-state index in [2.05, 4.69) is 17.4 Å². The van der Waals surface area contributed by atoms with Crippen LogP contribution in [-0.4, -0.2) is 18.2 Å². The zero-order chi connectivity index (χ0) is 18.0. The summed E-state index contributed by atoms with van der Waals surface area (Å²) >= 11 is 0. The van der Waals surface area contributed by atoms with Crippen molar-refractivity contribution in [3.8, 4) is 11.1 Å². The van der Waals surface area contributed by atoms with Gasteiger partial charge in [-0.3, -0.25) is 0 Å². The number of hydrogen-bond donors (Lipinski definition) is 1. The number of ether oxygens (including phenoxy) is 1. The molecule has 2 aromatic rings. The molecule has 1 aliphatic rings. The minimum absolute atomic E-state index is 0.230. The number of carbonyl (C=O) groups excluding carboxylic acids is 1. The summed E-state index contributed by atoms with van der Waals surface area (Å²) in [6.07, 6.45) is 0.665. The second kappa shape index (κ2) is 6.87. The Morgan fingerprint density at radius 1 is 1.16 bits per heavy atom. The summed E-state index contributed by atoms with van der Waals surface area (Å²) in [5, 5.41) is 2.86. The molecule has 2 aromatic carbocycles. The minimum atomic E-state index is -0.484. The Morgan fingerprint density at radius 3 is 2.52 bits per heavy atom. The standard InChI is InChI=1S/C21H24FNO2/c1-21(2,3)25-20(24)23-13-15-12-19(15)18-7-5-4-6-17(18)14-8-10-16(22)11-9-14/h4-11,15,19H,12-13H2,1-3H3,(H,23,24). The highest BCUT2D eigenvalue weighted by Gasteiger charge is 2.39. The van der Waals surface area contributed by atoms with Gasteiger partial charge in [0.15, 0.2) is 0 Å². The highest BCUT2D eigenvalue weighted by atomic mass is 19.1. The molecule has 3 nitrogen and oxygen atoms in total. The second-order valence-electron chi connectivity index (χ2n) is 7.58. The van der Waals surface area contributed by atoms with Crippen LogP contribution in [0.2, 0.25) is 0 Å². The van der Waals surface area contributed by atoms with Gasteiger partial charge >= 0.3 is 6.09 Å². The number of halogens is 1. The van der Waals surface area contributed by atoms with Gasteiger partial charge in [0.2, 0.25) is 0 Å². The average Bonchev–Trinajstić information content (AvgIpc) is 3.32. The Hall–Kier alpha value is -2.36. The van der Waals surface area contributed by atoms with Crippen molar-refractivity contribution in [2.75, 3.05) is 6.54 Å². The number of rotatable bonds is 4. The summed E-state index contributed by atoms with van der Waals surface area (Å²) in [6.45, 7) is 6.17. The first-order valence-electron chi connectivity index (χ1n) is 8.65.